The number of imide groups is 2. The van der Waals surface area contributed by atoms with Gasteiger partial charge in [-0.25, -0.2) is 0 Å². The molecule has 8 heteroatoms. The number of nitrogens with zero attached hydrogens (tertiary/aromatic N) is 2. The molecule has 0 atom stereocenters. The van der Waals surface area contributed by atoms with Crippen LogP contribution in [0.4, 0.5) is 0 Å². The molecule has 0 saturated heterocycles. The quantitative estimate of drug-likeness (QED) is 0.371. The second kappa shape index (κ2) is 9.25. The Morgan fingerprint density at radius 3 is 1.39 bits per heavy atom. The monoisotopic (exact) mass is 258 g/mol. The minimum atomic E-state index is -1.04. The van der Waals surface area contributed by atoms with E-state index in [0.717, 1.165) is 0 Å². The van der Waals surface area contributed by atoms with Gasteiger partial charge in [-0.3, -0.25) is 29.0 Å². The molecule has 0 heterocycles. The highest BCUT2D eigenvalue weighted by atomic mass is 16.2. The molecular weight excluding hydrogens is 240 g/mol. The van der Waals surface area contributed by atoms with Crippen molar-refractivity contribution in [1.82, 2.24) is 9.80 Å². The Labute approximate surface area is 105 Å². The highest BCUT2D eigenvalue weighted by Gasteiger charge is 2.26. The molecule has 0 aliphatic carbocycles. The molecule has 0 unspecified atom stereocenters. The van der Waals surface area contributed by atoms with Crippen LogP contribution in [0.2, 0.25) is 0 Å². The Bertz CT molecular complexity index is 278. The minimum Gasteiger partial charge on any atom is -0.330 e. The van der Waals surface area contributed by atoms with Crippen LogP contribution in [-0.2, 0) is 19.2 Å². The zero-order valence-electron chi connectivity index (χ0n) is 10.1. The van der Waals surface area contributed by atoms with Crippen LogP contribution in [0.3, 0.4) is 0 Å². The van der Waals surface area contributed by atoms with Crippen LogP contribution in [0.25, 0.3) is 0 Å². The van der Waals surface area contributed by atoms with Crippen molar-refractivity contribution in [3.63, 3.8) is 0 Å². The van der Waals surface area contributed by atoms with Gasteiger partial charge in [0.15, 0.2) is 0 Å². The Balaban J connectivity index is 4.56. The number of carbonyl (C=O) groups excluding carboxylic acids is 4. The molecule has 0 bridgehead atoms. The Kier molecular flexibility index (Phi) is 8.33. The van der Waals surface area contributed by atoms with Crippen LogP contribution in [0.15, 0.2) is 0 Å². The predicted octanol–water partition coefficient (Wildman–Crippen LogP) is -2.35. The van der Waals surface area contributed by atoms with Gasteiger partial charge in [0.2, 0.25) is 12.8 Å². The summed E-state index contributed by atoms with van der Waals surface area (Å²) in [5.41, 5.74) is 10.5. The molecule has 0 aromatic heterocycles. The Morgan fingerprint density at radius 2 is 1.17 bits per heavy atom. The molecule has 0 fully saturated rings. The smallest absolute Gasteiger partial charge is 0.318 e. The molecular formula is C10H18N4O4. The van der Waals surface area contributed by atoms with Gasteiger partial charge in [-0.15, -0.1) is 0 Å². The lowest BCUT2D eigenvalue weighted by atomic mass is 10.3. The molecule has 0 aliphatic heterocycles. The third-order valence-corrected chi connectivity index (χ3v) is 2.17. The van der Waals surface area contributed by atoms with Gasteiger partial charge < -0.3 is 11.5 Å². The second-order valence-electron chi connectivity index (χ2n) is 3.49. The number of amides is 4. The van der Waals surface area contributed by atoms with E-state index in [1.165, 1.54) is 0 Å². The largest absolute Gasteiger partial charge is 0.330 e. The summed E-state index contributed by atoms with van der Waals surface area (Å²) in [5, 5.41) is 0. The number of hydrogen-bond acceptors (Lipinski definition) is 6. The molecule has 8 nitrogen and oxygen atoms in total. The van der Waals surface area contributed by atoms with Crippen LogP contribution in [0.5, 0.6) is 0 Å². The average molecular weight is 258 g/mol. The number of hydrogen-bond donors (Lipinski definition) is 2. The van der Waals surface area contributed by atoms with Crippen LogP contribution >= 0.6 is 0 Å². The molecule has 0 saturated carbocycles. The van der Waals surface area contributed by atoms with Gasteiger partial charge in [-0.05, 0) is 25.9 Å². The number of nitrogens with two attached hydrogens (primary N) is 2. The summed E-state index contributed by atoms with van der Waals surface area (Å²) in [7, 11) is 0. The summed E-state index contributed by atoms with van der Waals surface area (Å²) in [6, 6.07) is 0. The normalized spacial score (nSPS) is 9.67. The van der Waals surface area contributed by atoms with Gasteiger partial charge in [0.25, 0.3) is 0 Å². The summed E-state index contributed by atoms with van der Waals surface area (Å²) in [4.78, 5) is 46.0. The SMILES string of the molecule is NCCCN(C=O)C(=O)C(=O)N(C=O)CCCN. The summed E-state index contributed by atoms with van der Waals surface area (Å²) in [6.07, 6.45) is 1.28. The standard InChI is InChI=1S/C10H18N4O4/c11-3-1-5-13(7-15)9(17)10(18)14(8-16)6-2-4-12/h7-8H,1-6,11-12H2. The van der Waals surface area contributed by atoms with E-state index in [-0.39, 0.29) is 39.0 Å². The van der Waals surface area contributed by atoms with E-state index in [9.17, 15) is 19.2 Å². The maximum absolute atomic E-state index is 11.6. The lowest BCUT2D eigenvalue weighted by Crippen LogP contribution is -2.45. The fourth-order valence-electron chi connectivity index (χ4n) is 1.17. The molecule has 0 rings (SSSR count). The van der Waals surface area contributed by atoms with Crippen molar-refractivity contribution in [3.8, 4) is 0 Å². The van der Waals surface area contributed by atoms with Gasteiger partial charge in [0, 0.05) is 13.1 Å². The Morgan fingerprint density at radius 1 is 0.833 bits per heavy atom. The van der Waals surface area contributed by atoms with E-state index in [0.29, 0.717) is 22.6 Å². The average Bonchev–Trinajstić information content (AvgIpc) is 2.39. The summed E-state index contributed by atoms with van der Waals surface area (Å²) in [5.74, 6) is -2.08. The van der Waals surface area contributed by atoms with E-state index in [1.54, 1.807) is 0 Å². The van der Waals surface area contributed by atoms with Crippen LogP contribution in [0.1, 0.15) is 12.8 Å². The first kappa shape index (κ1) is 16.2. The fraction of sp³-hybridized carbons (Fsp3) is 0.600. The summed E-state index contributed by atoms with van der Waals surface area (Å²) >= 11 is 0. The zero-order valence-corrected chi connectivity index (χ0v) is 10.1. The molecule has 0 spiro atoms. The molecule has 0 aromatic carbocycles. The van der Waals surface area contributed by atoms with Crippen molar-refractivity contribution in [2.24, 2.45) is 11.5 Å². The molecule has 0 aromatic rings. The molecule has 4 N–H and O–H groups in total. The first-order valence-electron chi connectivity index (χ1n) is 5.54. The van der Waals surface area contributed by atoms with Crippen molar-refractivity contribution in [2.75, 3.05) is 26.2 Å². The van der Waals surface area contributed by atoms with E-state index in [2.05, 4.69) is 0 Å². The second-order valence-corrected chi connectivity index (χ2v) is 3.49. The van der Waals surface area contributed by atoms with Gasteiger partial charge >= 0.3 is 11.8 Å². The molecule has 102 valence electrons. The van der Waals surface area contributed by atoms with Gasteiger partial charge in [-0.1, -0.05) is 0 Å². The first-order chi connectivity index (χ1) is 8.62. The number of carbonyl (C=O) groups is 4. The molecule has 18 heavy (non-hydrogen) atoms. The van der Waals surface area contributed by atoms with E-state index >= 15 is 0 Å². The third kappa shape index (κ3) is 5.02. The van der Waals surface area contributed by atoms with E-state index in [4.69, 9.17) is 11.5 Å². The van der Waals surface area contributed by atoms with Crippen molar-refractivity contribution < 1.29 is 19.2 Å². The highest BCUT2D eigenvalue weighted by Crippen LogP contribution is 1.95. The Hall–Kier alpha value is -1.80. The highest BCUT2D eigenvalue weighted by molar-refractivity contribution is 6.38. The molecule has 4 amide bonds. The van der Waals surface area contributed by atoms with Gasteiger partial charge in [0.05, 0.1) is 0 Å². The van der Waals surface area contributed by atoms with Crippen molar-refractivity contribution >= 4 is 24.6 Å². The fourth-order valence-corrected chi connectivity index (χ4v) is 1.17. The maximum Gasteiger partial charge on any atom is 0.318 e. The van der Waals surface area contributed by atoms with Crippen LogP contribution < -0.4 is 11.5 Å². The third-order valence-electron chi connectivity index (χ3n) is 2.17. The predicted molar refractivity (Wildman–Crippen MR) is 62.9 cm³/mol. The first-order valence-corrected chi connectivity index (χ1v) is 5.54. The van der Waals surface area contributed by atoms with Crippen molar-refractivity contribution in [1.29, 1.82) is 0 Å². The van der Waals surface area contributed by atoms with Crippen LogP contribution in [0, 0.1) is 0 Å². The van der Waals surface area contributed by atoms with Gasteiger partial charge in [-0.2, -0.15) is 0 Å². The minimum absolute atomic E-state index is 0.0498. The summed E-state index contributed by atoms with van der Waals surface area (Å²) in [6.45, 7) is 0.676. The maximum atomic E-state index is 11.6. The lowest BCUT2D eigenvalue weighted by Gasteiger charge is -2.18. The van der Waals surface area contributed by atoms with E-state index < -0.39 is 11.8 Å². The van der Waals surface area contributed by atoms with Crippen molar-refractivity contribution in [3.05, 3.63) is 0 Å². The molecule has 0 radical (unpaired) electrons. The lowest BCUT2D eigenvalue weighted by molar-refractivity contribution is -0.155. The number of rotatable bonds is 8. The topological polar surface area (TPSA) is 127 Å². The molecule has 0 aliphatic rings. The zero-order chi connectivity index (χ0) is 14.0. The van der Waals surface area contributed by atoms with Gasteiger partial charge in [0.1, 0.15) is 0 Å². The van der Waals surface area contributed by atoms with E-state index in [1.807, 2.05) is 0 Å². The van der Waals surface area contributed by atoms with Crippen molar-refractivity contribution in [2.45, 2.75) is 12.8 Å². The summed E-state index contributed by atoms with van der Waals surface area (Å²) < 4.78 is 0. The van der Waals surface area contributed by atoms with Crippen LogP contribution in [-0.4, -0.2) is 60.6 Å².